The molecule has 0 amide bonds. The summed E-state index contributed by atoms with van der Waals surface area (Å²) in [5, 5.41) is 6.06. The van der Waals surface area contributed by atoms with Crippen molar-refractivity contribution in [2.75, 3.05) is 23.3 Å². The topological polar surface area (TPSA) is 31.1 Å². The van der Waals surface area contributed by atoms with Crippen LogP contribution in [0, 0.1) is 0 Å². The minimum atomic E-state index is 0.963. The molecular weight excluding hydrogens is 234 g/mol. The molecule has 0 bridgehead atoms. The fraction of sp³-hybridized carbons (Fsp3) is 0.125. The fourth-order valence-corrected chi connectivity index (χ4v) is 2.83. The van der Waals surface area contributed by atoms with Crippen LogP contribution >= 0.6 is 0 Å². The zero-order valence-corrected chi connectivity index (χ0v) is 10.6. The Morgan fingerprint density at radius 1 is 0.947 bits per heavy atom. The summed E-state index contributed by atoms with van der Waals surface area (Å²) in [5.74, 6) is 1.15. The Kier molecular flexibility index (Phi) is 2.24. The number of rotatable bonds is 1. The molecule has 4 rings (SSSR count). The van der Waals surface area contributed by atoms with Crippen LogP contribution in [0.25, 0.3) is 10.8 Å². The first-order chi connectivity index (χ1) is 9.43. The first-order valence-corrected chi connectivity index (χ1v) is 6.60. The summed E-state index contributed by atoms with van der Waals surface area (Å²) in [7, 11) is 0. The van der Waals surface area contributed by atoms with Crippen LogP contribution in [0.5, 0.6) is 0 Å². The molecule has 1 aliphatic rings. The summed E-state index contributed by atoms with van der Waals surface area (Å²) in [5.41, 5.74) is 2.48. The van der Waals surface area contributed by atoms with Gasteiger partial charge >= 0.3 is 0 Å². The van der Waals surface area contributed by atoms with E-state index in [0.29, 0.717) is 0 Å². The lowest BCUT2D eigenvalue weighted by Gasteiger charge is -2.32. The second-order valence-corrected chi connectivity index (χ2v) is 4.82. The van der Waals surface area contributed by atoms with Gasteiger partial charge in [0.1, 0.15) is 5.82 Å². The van der Waals surface area contributed by atoms with E-state index in [-0.39, 0.29) is 0 Å². The number of hydrogen-bond donors (Lipinski definition) is 2. The van der Waals surface area contributed by atoms with Crippen molar-refractivity contribution in [3.8, 4) is 0 Å². The Morgan fingerprint density at radius 3 is 2.79 bits per heavy atom. The molecule has 0 saturated carbocycles. The average Bonchev–Trinajstić information content (AvgIpc) is 3.00. The average molecular weight is 249 g/mol. The highest BCUT2D eigenvalue weighted by atomic mass is 15.2. The quantitative estimate of drug-likeness (QED) is 0.688. The second kappa shape index (κ2) is 4.05. The van der Waals surface area contributed by atoms with Crippen molar-refractivity contribution in [1.29, 1.82) is 0 Å². The molecule has 94 valence electrons. The summed E-state index contributed by atoms with van der Waals surface area (Å²) < 4.78 is 0. The van der Waals surface area contributed by atoms with Crippen LogP contribution in [0.3, 0.4) is 0 Å². The number of benzene rings is 2. The van der Waals surface area contributed by atoms with Gasteiger partial charge in [-0.25, -0.2) is 0 Å². The van der Waals surface area contributed by atoms with Crippen molar-refractivity contribution in [2.24, 2.45) is 0 Å². The summed E-state index contributed by atoms with van der Waals surface area (Å²) >= 11 is 0. The van der Waals surface area contributed by atoms with Gasteiger partial charge in [0.2, 0.25) is 0 Å². The summed E-state index contributed by atoms with van der Waals surface area (Å²) in [6.07, 6.45) is 1.97. The van der Waals surface area contributed by atoms with Crippen LogP contribution < -0.4 is 10.2 Å². The van der Waals surface area contributed by atoms with Crippen LogP contribution in [0.2, 0.25) is 0 Å². The van der Waals surface area contributed by atoms with E-state index >= 15 is 0 Å². The van der Waals surface area contributed by atoms with E-state index < -0.39 is 0 Å². The Hall–Kier alpha value is -2.42. The zero-order chi connectivity index (χ0) is 12.7. The molecule has 0 spiro atoms. The zero-order valence-electron chi connectivity index (χ0n) is 10.6. The largest absolute Gasteiger partial charge is 0.382 e. The maximum Gasteiger partial charge on any atom is 0.110 e. The summed E-state index contributed by atoms with van der Waals surface area (Å²) in [6.45, 7) is 1.94. The van der Waals surface area contributed by atoms with Crippen molar-refractivity contribution in [1.82, 2.24) is 4.98 Å². The maximum absolute atomic E-state index is 3.49. The first kappa shape index (κ1) is 10.5. The third kappa shape index (κ3) is 1.58. The van der Waals surface area contributed by atoms with Crippen molar-refractivity contribution in [2.45, 2.75) is 0 Å². The molecule has 0 saturated heterocycles. The third-order valence-corrected chi connectivity index (χ3v) is 3.69. The number of anilines is 3. The minimum absolute atomic E-state index is 0.963. The molecule has 1 aliphatic heterocycles. The lowest BCUT2D eigenvalue weighted by atomic mass is 10.0. The maximum atomic E-state index is 3.49. The molecule has 2 aromatic carbocycles. The number of H-pyrrole nitrogens is 1. The van der Waals surface area contributed by atoms with Crippen LogP contribution in [0.1, 0.15) is 0 Å². The van der Waals surface area contributed by atoms with Gasteiger partial charge in [0.15, 0.2) is 0 Å². The predicted molar refractivity (Wildman–Crippen MR) is 80.2 cm³/mol. The van der Waals surface area contributed by atoms with Crippen molar-refractivity contribution in [3.63, 3.8) is 0 Å². The van der Waals surface area contributed by atoms with Gasteiger partial charge in [-0.1, -0.05) is 30.3 Å². The van der Waals surface area contributed by atoms with Crippen LogP contribution in [-0.4, -0.2) is 18.1 Å². The third-order valence-electron chi connectivity index (χ3n) is 3.69. The highest BCUT2D eigenvalue weighted by Gasteiger charge is 2.20. The normalized spacial score (nSPS) is 14.2. The number of nitrogens with zero attached hydrogens (tertiary/aromatic N) is 1. The van der Waals surface area contributed by atoms with Gasteiger partial charge in [-0.15, -0.1) is 0 Å². The molecule has 0 radical (unpaired) electrons. The predicted octanol–water partition coefficient (Wildman–Crippen LogP) is 3.73. The van der Waals surface area contributed by atoms with E-state index in [1.54, 1.807) is 0 Å². The van der Waals surface area contributed by atoms with E-state index in [9.17, 15) is 0 Å². The van der Waals surface area contributed by atoms with Gasteiger partial charge < -0.3 is 15.2 Å². The Labute approximate surface area is 111 Å². The smallest absolute Gasteiger partial charge is 0.110 e. The molecular formula is C16H15N3. The van der Waals surface area contributed by atoms with Crippen molar-refractivity contribution >= 4 is 28.0 Å². The second-order valence-electron chi connectivity index (χ2n) is 4.82. The van der Waals surface area contributed by atoms with Crippen molar-refractivity contribution < 1.29 is 0 Å². The first-order valence-electron chi connectivity index (χ1n) is 6.60. The van der Waals surface area contributed by atoms with Crippen LogP contribution in [0.15, 0.2) is 54.7 Å². The molecule has 0 atom stereocenters. The molecule has 0 fully saturated rings. The van der Waals surface area contributed by atoms with Crippen molar-refractivity contribution in [3.05, 3.63) is 54.7 Å². The van der Waals surface area contributed by atoms with Gasteiger partial charge in [-0.05, 0) is 23.6 Å². The minimum Gasteiger partial charge on any atom is -0.382 e. The van der Waals surface area contributed by atoms with Gasteiger partial charge in [0.05, 0.1) is 11.4 Å². The highest BCUT2D eigenvalue weighted by Crippen LogP contribution is 2.39. The van der Waals surface area contributed by atoms with Crippen LogP contribution in [-0.2, 0) is 0 Å². The molecule has 1 aromatic heterocycles. The van der Waals surface area contributed by atoms with Gasteiger partial charge in [0, 0.05) is 24.7 Å². The van der Waals surface area contributed by atoms with E-state index in [1.165, 1.54) is 22.1 Å². The van der Waals surface area contributed by atoms with E-state index in [0.717, 1.165) is 18.9 Å². The van der Waals surface area contributed by atoms with Gasteiger partial charge in [-0.3, -0.25) is 0 Å². The molecule has 2 N–H and O–H groups in total. The van der Waals surface area contributed by atoms with E-state index in [2.05, 4.69) is 57.7 Å². The molecule has 19 heavy (non-hydrogen) atoms. The van der Waals surface area contributed by atoms with E-state index in [1.807, 2.05) is 12.3 Å². The SMILES string of the molecule is c1c[nH]c(N2CCNc3ccc4ccccc4c32)c1. The molecule has 2 heterocycles. The highest BCUT2D eigenvalue weighted by molar-refractivity contribution is 6.02. The molecule has 3 nitrogen and oxygen atoms in total. The fourth-order valence-electron chi connectivity index (χ4n) is 2.83. The Morgan fingerprint density at radius 2 is 1.89 bits per heavy atom. The standard InChI is InChI=1S/C16H15N3/c1-2-5-13-12(4-1)7-8-14-16(13)19(11-10-17-14)15-6-3-9-18-15/h1-9,17-18H,10-11H2. The number of nitrogens with one attached hydrogen (secondary N) is 2. The number of aromatic nitrogens is 1. The van der Waals surface area contributed by atoms with Gasteiger partial charge in [0.25, 0.3) is 0 Å². The van der Waals surface area contributed by atoms with Gasteiger partial charge in [-0.2, -0.15) is 0 Å². The monoisotopic (exact) mass is 249 g/mol. The number of fused-ring (bicyclic) bond motifs is 3. The summed E-state index contributed by atoms with van der Waals surface area (Å²) in [6, 6.07) is 17.1. The Bertz CT molecular complexity index is 716. The molecule has 3 heteroatoms. The molecule has 0 unspecified atom stereocenters. The lowest BCUT2D eigenvalue weighted by Crippen LogP contribution is -2.30. The molecule has 3 aromatic rings. The number of hydrogen-bond acceptors (Lipinski definition) is 2. The van der Waals surface area contributed by atoms with E-state index in [4.69, 9.17) is 0 Å². The summed E-state index contributed by atoms with van der Waals surface area (Å²) in [4.78, 5) is 5.67. The number of aromatic amines is 1. The molecule has 0 aliphatic carbocycles. The van der Waals surface area contributed by atoms with Crippen LogP contribution in [0.4, 0.5) is 17.2 Å². The Balaban J connectivity index is 2.00. The lowest BCUT2D eigenvalue weighted by molar-refractivity contribution is 0.918.